The van der Waals surface area contributed by atoms with Gasteiger partial charge in [0.2, 0.25) is 0 Å². The van der Waals surface area contributed by atoms with Gasteiger partial charge in [-0.05, 0) is 31.7 Å². The third-order valence-electron chi connectivity index (χ3n) is 4.49. The minimum Gasteiger partial charge on any atom is -0.325 e. The molecule has 102 valence electrons. The van der Waals surface area contributed by atoms with Crippen molar-refractivity contribution in [3.05, 3.63) is 18.0 Å². The van der Waals surface area contributed by atoms with Crippen molar-refractivity contribution in [2.75, 3.05) is 0 Å². The van der Waals surface area contributed by atoms with Gasteiger partial charge in [-0.3, -0.25) is 4.68 Å². The van der Waals surface area contributed by atoms with Crippen LogP contribution in [0.2, 0.25) is 0 Å². The molecule has 1 atom stereocenters. The summed E-state index contributed by atoms with van der Waals surface area (Å²) in [6.45, 7) is 6.48. The summed E-state index contributed by atoms with van der Waals surface area (Å²) in [4.78, 5) is 0. The van der Waals surface area contributed by atoms with Gasteiger partial charge in [-0.1, -0.05) is 33.1 Å². The molecule has 1 unspecified atom stereocenters. The maximum Gasteiger partial charge on any atom is 0.0643 e. The molecule has 1 heterocycles. The molecule has 0 radical (unpaired) electrons. The predicted molar refractivity (Wildman–Crippen MR) is 75.5 cm³/mol. The van der Waals surface area contributed by atoms with E-state index in [9.17, 15) is 0 Å². The summed E-state index contributed by atoms with van der Waals surface area (Å²) in [7, 11) is 0. The molecule has 3 heteroatoms. The van der Waals surface area contributed by atoms with Crippen LogP contribution in [0.5, 0.6) is 0 Å². The van der Waals surface area contributed by atoms with Crippen LogP contribution in [0.4, 0.5) is 0 Å². The molecule has 1 aliphatic rings. The smallest absolute Gasteiger partial charge is 0.0643 e. The second-order valence-corrected chi connectivity index (χ2v) is 6.42. The highest BCUT2D eigenvalue weighted by molar-refractivity contribution is 5.06. The number of hydrogen-bond acceptors (Lipinski definition) is 2. The SMILES string of the molecule is CC(C)C(C)(N)Cc1ccn(C2CCCCC2)n1. The molecule has 3 nitrogen and oxygen atoms in total. The Balaban J connectivity index is 2.01. The van der Waals surface area contributed by atoms with Gasteiger partial charge in [0.15, 0.2) is 0 Å². The lowest BCUT2D eigenvalue weighted by molar-refractivity contribution is 0.316. The van der Waals surface area contributed by atoms with Crippen LogP contribution < -0.4 is 5.73 Å². The van der Waals surface area contributed by atoms with E-state index in [1.807, 2.05) is 0 Å². The highest BCUT2D eigenvalue weighted by Crippen LogP contribution is 2.28. The Morgan fingerprint density at radius 2 is 2.06 bits per heavy atom. The summed E-state index contributed by atoms with van der Waals surface area (Å²) in [5.41, 5.74) is 7.31. The molecule has 18 heavy (non-hydrogen) atoms. The fourth-order valence-electron chi connectivity index (χ4n) is 2.61. The molecular weight excluding hydrogens is 222 g/mol. The van der Waals surface area contributed by atoms with Gasteiger partial charge in [0, 0.05) is 18.2 Å². The minimum atomic E-state index is -0.161. The van der Waals surface area contributed by atoms with Crippen LogP contribution in [0.3, 0.4) is 0 Å². The first kappa shape index (κ1) is 13.6. The van der Waals surface area contributed by atoms with E-state index >= 15 is 0 Å². The number of nitrogens with zero attached hydrogens (tertiary/aromatic N) is 2. The average Bonchev–Trinajstić information content (AvgIpc) is 2.78. The topological polar surface area (TPSA) is 43.8 Å². The molecule has 2 rings (SSSR count). The van der Waals surface area contributed by atoms with Gasteiger partial charge in [-0.25, -0.2) is 0 Å². The van der Waals surface area contributed by atoms with E-state index in [1.165, 1.54) is 32.1 Å². The predicted octanol–water partition coefficient (Wildman–Crippen LogP) is 3.30. The molecule has 1 aromatic rings. The summed E-state index contributed by atoms with van der Waals surface area (Å²) >= 11 is 0. The van der Waals surface area contributed by atoms with Crippen LogP contribution in [0.15, 0.2) is 12.3 Å². The Morgan fingerprint density at radius 1 is 1.39 bits per heavy atom. The van der Waals surface area contributed by atoms with Crippen LogP contribution in [-0.4, -0.2) is 15.3 Å². The molecule has 1 aliphatic carbocycles. The van der Waals surface area contributed by atoms with Crippen molar-refractivity contribution < 1.29 is 0 Å². The zero-order valence-corrected chi connectivity index (χ0v) is 12.0. The Morgan fingerprint density at radius 3 is 2.67 bits per heavy atom. The molecule has 0 spiro atoms. The molecule has 0 saturated heterocycles. The van der Waals surface area contributed by atoms with Gasteiger partial charge >= 0.3 is 0 Å². The minimum absolute atomic E-state index is 0.161. The van der Waals surface area contributed by atoms with E-state index in [2.05, 4.69) is 37.7 Å². The van der Waals surface area contributed by atoms with Crippen molar-refractivity contribution in [1.82, 2.24) is 9.78 Å². The van der Waals surface area contributed by atoms with Crippen molar-refractivity contribution in [3.8, 4) is 0 Å². The highest BCUT2D eigenvalue weighted by Gasteiger charge is 2.25. The van der Waals surface area contributed by atoms with Crippen LogP contribution >= 0.6 is 0 Å². The molecule has 1 aromatic heterocycles. The lowest BCUT2D eigenvalue weighted by Crippen LogP contribution is -2.44. The average molecular weight is 249 g/mol. The Kier molecular flexibility index (Phi) is 4.10. The van der Waals surface area contributed by atoms with E-state index in [4.69, 9.17) is 10.8 Å². The maximum absolute atomic E-state index is 6.33. The quantitative estimate of drug-likeness (QED) is 0.889. The molecule has 0 amide bonds. The van der Waals surface area contributed by atoms with Crippen molar-refractivity contribution in [1.29, 1.82) is 0 Å². The Bertz CT molecular complexity index is 373. The largest absolute Gasteiger partial charge is 0.325 e. The standard InChI is InChI=1S/C15H27N3/c1-12(2)15(3,16)11-13-9-10-18(17-13)14-7-5-4-6-8-14/h9-10,12,14H,4-8,11,16H2,1-3H3. The van der Waals surface area contributed by atoms with Gasteiger partial charge in [0.25, 0.3) is 0 Å². The van der Waals surface area contributed by atoms with Crippen LogP contribution in [0.25, 0.3) is 0 Å². The van der Waals surface area contributed by atoms with E-state index in [0.29, 0.717) is 12.0 Å². The fourth-order valence-corrected chi connectivity index (χ4v) is 2.61. The molecular formula is C15H27N3. The molecule has 0 bridgehead atoms. The fraction of sp³-hybridized carbons (Fsp3) is 0.800. The van der Waals surface area contributed by atoms with E-state index in [1.54, 1.807) is 0 Å². The summed E-state index contributed by atoms with van der Waals surface area (Å²) in [6.07, 6.45) is 9.66. The first-order valence-electron chi connectivity index (χ1n) is 7.32. The molecule has 0 aromatic carbocycles. The van der Waals surface area contributed by atoms with Crippen molar-refractivity contribution in [3.63, 3.8) is 0 Å². The van der Waals surface area contributed by atoms with E-state index in [0.717, 1.165) is 12.1 Å². The zero-order chi connectivity index (χ0) is 13.2. The summed E-state index contributed by atoms with van der Waals surface area (Å²) in [6, 6.07) is 2.76. The highest BCUT2D eigenvalue weighted by atomic mass is 15.3. The summed E-state index contributed by atoms with van der Waals surface area (Å²) in [5.74, 6) is 0.470. The van der Waals surface area contributed by atoms with Gasteiger partial charge in [-0.2, -0.15) is 5.10 Å². The first-order valence-corrected chi connectivity index (χ1v) is 7.32. The first-order chi connectivity index (χ1) is 8.49. The summed E-state index contributed by atoms with van der Waals surface area (Å²) in [5, 5.41) is 4.74. The number of hydrogen-bond donors (Lipinski definition) is 1. The lowest BCUT2D eigenvalue weighted by atomic mass is 9.85. The summed E-state index contributed by atoms with van der Waals surface area (Å²) < 4.78 is 2.17. The lowest BCUT2D eigenvalue weighted by Gasteiger charge is -2.28. The number of aromatic nitrogens is 2. The Labute approximate surface area is 111 Å². The third kappa shape index (κ3) is 3.14. The molecule has 0 aliphatic heterocycles. The molecule has 1 saturated carbocycles. The number of nitrogens with two attached hydrogens (primary N) is 1. The van der Waals surface area contributed by atoms with Crippen LogP contribution in [0, 0.1) is 5.92 Å². The van der Waals surface area contributed by atoms with Crippen LogP contribution in [0.1, 0.15) is 64.6 Å². The van der Waals surface area contributed by atoms with E-state index < -0.39 is 0 Å². The van der Waals surface area contributed by atoms with Crippen molar-refractivity contribution in [2.45, 2.75) is 70.9 Å². The van der Waals surface area contributed by atoms with Gasteiger partial charge in [0.05, 0.1) is 11.7 Å². The zero-order valence-electron chi connectivity index (χ0n) is 12.0. The van der Waals surface area contributed by atoms with Crippen molar-refractivity contribution in [2.24, 2.45) is 11.7 Å². The Hall–Kier alpha value is -0.830. The van der Waals surface area contributed by atoms with E-state index in [-0.39, 0.29) is 5.54 Å². The normalized spacial score (nSPS) is 21.2. The molecule has 2 N–H and O–H groups in total. The second-order valence-electron chi connectivity index (χ2n) is 6.42. The van der Waals surface area contributed by atoms with Gasteiger partial charge in [0.1, 0.15) is 0 Å². The number of rotatable bonds is 4. The molecule has 1 fully saturated rings. The van der Waals surface area contributed by atoms with Gasteiger partial charge < -0.3 is 5.73 Å². The van der Waals surface area contributed by atoms with Crippen molar-refractivity contribution >= 4 is 0 Å². The maximum atomic E-state index is 6.33. The monoisotopic (exact) mass is 249 g/mol. The van der Waals surface area contributed by atoms with Crippen LogP contribution in [-0.2, 0) is 6.42 Å². The third-order valence-corrected chi connectivity index (χ3v) is 4.49. The van der Waals surface area contributed by atoms with Gasteiger partial charge in [-0.15, -0.1) is 0 Å². The second kappa shape index (κ2) is 5.43.